The zero-order valence-corrected chi connectivity index (χ0v) is 30.8. The van der Waals surface area contributed by atoms with E-state index in [1.807, 2.05) is 27.7 Å². The number of aliphatic hydroxyl groups excluding tert-OH is 1. The largest absolute Gasteiger partial charge is 0.479 e. The van der Waals surface area contributed by atoms with Crippen LogP contribution in [0.5, 0.6) is 0 Å². The average Bonchev–Trinajstić information content (AvgIpc) is 3.45. The van der Waals surface area contributed by atoms with Crippen molar-refractivity contribution in [1.29, 1.82) is 0 Å². The van der Waals surface area contributed by atoms with Gasteiger partial charge in [-0.2, -0.15) is 0 Å². The van der Waals surface area contributed by atoms with Crippen LogP contribution in [0, 0.1) is 17.3 Å². The number of carboxylic acids is 1. The van der Waals surface area contributed by atoms with Crippen molar-refractivity contribution in [3.63, 3.8) is 0 Å². The van der Waals surface area contributed by atoms with Crippen LogP contribution in [-0.4, -0.2) is 101 Å². The topological polar surface area (TPSA) is 221 Å². The summed E-state index contributed by atoms with van der Waals surface area (Å²) in [5.74, 6) is -5.86. The number of amides is 5. The van der Waals surface area contributed by atoms with Crippen LogP contribution < -0.4 is 21.3 Å². The summed E-state index contributed by atoms with van der Waals surface area (Å²) in [6.07, 6.45) is 4.29. The third kappa shape index (κ3) is 11.8. The highest BCUT2D eigenvalue weighted by atomic mass is 16.5. The Hall–Kier alpha value is -4.53. The summed E-state index contributed by atoms with van der Waals surface area (Å²) >= 11 is 0. The standard InChI is InChI=1S/C37H55N5O10/c1-6-13-25(30(44)33(47)39-26(19-43)31(45)40-29(35(49)50)24-16-11-8-12-17-24)38-32(46)27-18-37(4,5)21-42(27)34(48)28(23-14-9-7-10-15-23)41-36(51)52-20-22(2)3/h8,11-12,16-17,22-23,25-29,43H,6-7,9-10,13-15,18-21H2,1-5H3,(H,38,46)(H,39,47)(H,40,45)(H,41,51)(H,49,50)/t25?,26-,27-,28-,29-/m0/s1. The van der Waals surface area contributed by atoms with E-state index in [4.69, 9.17) is 4.74 Å². The quantitative estimate of drug-likeness (QED) is 0.128. The lowest BCUT2D eigenvalue weighted by molar-refractivity contribution is -0.145. The van der Waals surface area contributed by atoms with Crippen molar-refractivity contribution >= 4 is 41.5 Å². The highest BCUT2D eigenvalue weighted by Crippen LogP contribution is 2.36. The van der Waals surface area contributed by atoms with Gasteiger partial charge in [-0.05, 0) is 48.5 Å². The second kappa shape index (κ2) is 19.3. The van der Waals surface area contributed by atoms with Gasteiger partial charge in [-0.1, -0.05) is 90.6 Å². The molecule has 2 fully saturated rings. The minimum atomic E-state index is -1.67. The summed E-state index contributed by atoms with van der Waals surface area (Å²) in [5, 5.41) is 29.4. The first-order chi connectivity index (χ1) is 24.6. The number of carbonyl (C=O) groups excluding carboxylic acids is 6. The number of rotatable bonds is 17. The minimum absolute atomic E-state index is 0.0566. The molecule has 1 aromatic carbocycles. The zero-order valence-electron chi connectivity index (χ0n) is 30.8. The van der Waals surface area contributed by atoms with Crippen LogP contribution >= 0.6 is 0 Å². The van der Waals surface area contributed by atoms with E-state index in [-0.39, 0.29) is 43.4 Å². The van der Waals surface area contributed by atoms with Crippen molar-refractivity contribution in [2.24, 2.45) is 17.3 Å². The number of hydrogen-bond donors (Lipinski definition) is 6. The van der Waals surface area contributed by atoms with Crippen molar-refractivity contribution < 1.29 is 48.5 Å². The van der Waals surface area contributed by atoms with Gasteiger partial charge < -0.3 is 41.1 Å². The molecule has 1 aromatic rings. The Bertz CT molecular complexity index is 1430. The van der Waals surface area contributed by atoms with Gasteiger partial charge >= 0.3 is 12.1 Å². The summed E-state index contributed by atoms with van der Waals surface area (Å²) < 4.78 is 5.34. The van der Waals surface area contributed by atoms with Gasteiger partial charge in [0, 0.05) is 6.54 Å². The van der Waals surface area contributed by atoms with E-state index >= 15 is 0 Å². The van der Waals surface area contributed by atoms with Crippen LogP contribution in [0.15, 0.2) is 30.3 Å². The molecular formula is C37H55N5O10. The van der Waals surface area contributed by atoms with Gasteiger partial charge in [-0.15, -0.1) is 0 Å². The van der Waals surface area contributed by atoms with Crippen LogP contribution in [-0.2, 0) is 33.5 Å². The second-order valence-electron chi connectivity index (χ2n) is 15.0. The van der Waals surface area contributed by atoms with E-state index < -0.39 is 83.7 Å². The smallest absolute Gasteiger partial charge is 0.407 e. The summed E-state index contributed by atoms with van der Waals surface area (Å²) in [5.41, 5.74) is -0.230. The normalized spacial score (nSPS) is 19.4. The minimum Gasteiger partial charge on any atom is -0.479 e. The fraction of sp³-hybridized carbons (Fsp3) is 0.649. The van der Waals surface area contributed by atoms with Crippen LogP contribution in [0.2, 0.25) is 0 Å². The van der Waals surface area contributed by atoms with Crippen LogP contribution in [0.25, 0.3) is 0 Å². The first-order valence-corrected chi connectivity index (χ1v) is 18.2. The summed E-state index contributed by atoms with van der Waals surface area (Å²) in [6.45, 7) is 8.83. The zero-order chi connectivity index (χ0) is 38.6. The lowest BCUT2D eigenvalue weighted by atomic mass is 9.83. The third-order valence-electron chi connectivity index (χ3n) is 9.42. The molecule has 1 heterocycles. The molecule has 2 aliphatic rings. The number of alkyl carbamates (subject to hydrolysis) is 1. The van der Waals surface area contributed by atoms with Crippen molar-refractivity contribution in [2.75, 3.05) is 19.8 Å². The first kappa shape index (κ1) is 41.9. The van der Waals surface area contributed by atoms with Crippen LogP contribution in [0.3, 0.4) is 0 Å². The van der Waals surface area contributed by atoms with Crippen LogP contribution in [0.1, 0.15) is 97.6 Å². The van der Waals surface area contributed by atoms with E-state index in [2.05, 4.69) is 21.3 Å². The number of benzene rings is 1. The number of nitrogens with one attached hydrogen (secondary N) is 4. The Labute approximate surface area is 305 Å². The Morgan fingerprint density at radius 3 is 2.15 bits per heavy atom. The van der Waals surface area contributed by atoms with Crippen molar-refractivity contribution in [3.05, 3.63) is 35.9 Å². The number of nitrogens with zero attached hydrogens (tertiary/aromatic N) is 1. The first-order valence-electron chi connectivity index (χ1n) is 18.2. The van der Waals surface area contributed by atoms with Gasteiger partial charge in [0.15, 0.2) is 6.04 Å². The highest BCUT2D eigenvalue weighted by Gasteiger charge is 2.47. The fourth-order valence-electron chi connectivity index (χ4n) is 6.76. The molecule has 1 aliphatic carbocycles. The molecule has 5 atom stereocenters. The average molecular weight is 730 g/mol. The Kier molecular flexibility index (Phi) is 15.6. The Balaban J connectivity index is 1.75. The molecule has 1 saturated heterocycles. The Morgan fingerprint density at radius 2 is 1.58 bits per heavy atom. The number of carbonyl (C=O) groups is 7. The summed E-state index contributed by atoms with van der Waals surface area (Å²) in [7, 11) is 0. The van der Waals surface area contributed by atoms with Crippen molar-refractivity contribution in [1.82, 2.24) is 26.2 Å². The number of ketones is 1. The van der Waals surface area contributed by atoms with E-state index in [0.29, 0.717) is 6.42 Å². The molecule has 1 aliphatic heterocycles. The van der Waals surface area contributed by atoms with Crippen LogP contribution in [0.4, 0.5) is 4.79 Å². The number of Topliss-reactive ketones (excluding diaryl/α,β-unsaturated/α-hetero) is 1. The van der Waals surface area contributed by atoms with Gasteiger partial charge in [0.2, 0.25) is 23.5 Å². The van der Waals surface area contributed by atoms with E-state index in [1.165, 1.54) is 17.0 Å². The highest BCUT2D eigenvalue weighted by molar-refractivity contribution is 6.38. The Morgan fingerprint density at radius 1 is 0.923 bits per heavy atom. The molecule has 15 heteroatoms. The molecule has 6 N–H and O–H groups in total. The molecule has 1 unspecified atom stereocenters. The molecule has 52 heavy (non-hydrogen) atoms. The summed E-state index contributed by atoms with van der Waals surface area (Å²) in [4.78, 5) is 93.7. The monoisotopic (exact) mass is 729 g/mol. The van der Waals surface area contributed by atoms with E-state index in [9.17, 15) is 43.8 Å². The van der Waals surface area contributed by atoms with E-state index in [0.717, 1.165) is 32.1 Å². The summed E-state index contributed by atoms with van der Waals surface area (Å²) in [6, 6.07) is 1.43. The molecule has 0 bridgehead atoms. The molecular weight excluding hydrogens is 674 g/mol. The van der Waals surface area contributed by atoms with Crippen molar-refractivity contribution in [3.8, 4) is 0 Å². The van der Waals surface area contributed by atoms with E-state index in [1.54, 1.807) is 25.1 Å². The maximum absolute atomic E-state index is 14.2. The molecule has 3 rings (SSSR count). The molecule has 0 spiro atoms. The lowest BCUT2D eigenvalue weighted by Gasteiger charge is -2.35. The number of carboxylic acid groups (broad SMARTS) is 1. The molecule has 288 valence electrons. The molecule has 15 nitrogen and oxygen atoms in total. The van der Waals surface area contributed by atoms with Gasteiger partial charge in [0.05, 0.1) is 19.3 Å². The molecule has 0 aromatic heterocycles. The second-order valence-corrected chi connectivity index (χ2v) is 15.0. The molecule has 5 amide bonds. The maximum atomic E-state index is 14.2. The number of hydrogen-bond acceptors (Lipinski definition) is 9. The third-order valence-corrected chi connectivity index (χ3v) is 9.42. The SMILES string of the molecule is CCCC(NC(=O)[C@@H]1CC(C)(C)CN1C(=O)[C@@H](NC(=O)OCC(C)C)C1CCCCC1)C(=O)C(=O)N[C@@H](CO)C(=O)N[C@H](C(=O)O)c1ccccc1. The number of likely N-dealkylation sites (tertiary alicyclic amines) is 1. The number of ether oxygens (including phenoxy) is 1. The van der Waals surface area contributed by atoms with Crippen molar-refractivity contribution in [2.45, 2.75) is 116 Å². The number of aliphatic carboxylic acids is 1. The lowest BCUT2D eigenvalue weighted by Crippen LogP contribution is -2.58. The number of aliphatic hydroxyl groups is 1. The van der Waals surface area contributed by atoms with Gasteiger partial charge in [-0.25, -0.2) is 9.59 Å². The predicted molar refractivity (Wildman–Crippen MR) is 189 cm³/mol. The van der Waals surface area contributed by atoms with Gasteiger partial charge in [-0.3, -0.25) is 24.0 Å². The molecule has 0 radical (unpaired) electrons. The molecule has 1 saturated carbocycles. The van der Waals surface area contributed by atoms with Gasteiger partial charge in [0.25, 0.3) is 5.91 Å². The predicted octanol–water partition coefficient (Wildman–Crippen LogP) is 2.22. The fourth-order valence-corrected chi connectivity index (χ4v) is 6.76. The maximum Gasteiger partial charge on any atom is 0.407 e. The van der Waals surface area contributed by atoms with Gasteiger partial charge in [0.1, 0.15) is 18.1 Å².